The third kappa shape index (κ3) is 3.99. The van der Waals surface area contributed by atoms with Crippen LogP contribution in [-0.2, 0) is 9.84 Å². The number of nitrogens with one attached hydrogen (secondary N) is 1. The zero-order chi connectivity index (χ0) is 13.8. The molecule has 0 bridgehead atoms. The number of nitrogens with two attached hydrogens (primary N) is 1. The fourth-order valence-electron chi connectivity index (χ4n) is 1.36. The van der Waals surface area contributed by atoms with Gasteiger partial charge in [-0.15, -0.1) is 0 Å². The van der Waals surface area contributed by atoms with Crippen LogP contribution in [0.2, 0.25) is 0 Å². The number of sulfone groups is 1. The Kier molecular flexibility index (Phi) is 4.76. The number of hydrogen-bond acceptors (Lipinski definition) is 4. The van der Waals surface area contributed by atoms with Crippen molar-refractivity contribution in [2.45, 2.75) is 25.7 Å². The lowest BCUT2D eigenvalue weighted by molar-refractivity contribution is 0.405. The molecule has 1 rings (SSSR count). The summed E-state index contributed by atoms with van der Waals surface area (Å²) >= 11 is 0. The molecule has 102 valence electrons. The molecule has 0 fully saturated rings. The van der Waals surface area contributed by atoms with E-state index in [9.17, 15) is 8.42 Å². The van der Waals surface area contributed by atoms with Crippen LogP contribution in [0.3, 0.4) is 0 Å². The van der Waals surface area contributed by atoms with Crippen molar-refractivity contribution in [1.29, 1.82) is 0 Å². The Morgan fingerprint density at radius 1 is 1.22 bits per heavy atom. The Bertz CT molecular complexity index is 478. The van der Waals surface area contributed by atoms with Crippen molar-refractivity contribution in [2.75, 3.05) is 24.2 Å². The zero-order valence-corrected chi connectivity index (χ0v) is 12.0. The van der Waals surface area contributed by atoms with Gasteiger partial charge in [0.05, 0.1) is 10.6 Å². The van der Waals surface area contributed by atoms with Crippen molar-refractivity contribution >= 4 is 15.5 Å². The summed E-state index contributed by atoms with van der Waals surface area (Å²) in [5.41, 5.74) is 6.58. The fraction of sp³-hybridized carbons (Fsp3) is 0.538. The third-order valence-corrected chi connectivity index (χ3v) is 4.67. The number of hydrogen-bond donors (Lipinski definition) is 2. The first-order chi connectivity index (χ1) is 8.30. The van der Waals surface area contributed by atoms with E-state index in [0.717, 1.165) is 12.2 Å². The molecule has 0 aromatic heterocycles. The Hall–Kier alpha value is -1.07. The molecule has 18 heavy (non-hydrogen) atoms. The lowest BCUT2D eigenvalue weighted by Crippen LogP contribution is -2.31. The molecule has 5 heteroatoms. The Morgan fingerprint density at radius 2 is 1.78 bits per heavy atom. The van der Waals surface area contributed by atoms with Gasteiger partial charge in [0, 0.05) is 12.2 Å². The van der Waals surface area contributed by atoms with Crippen LogP contribution in [0.15, 0.2) is 29.2 Å². The lowest BCUT2D eigenvalue weighted by atomic mass is 9.94. The van der Waals surface area contributed by atoms with Gasteiger partial charge in [-0.2, -0.15) is 0 Å². The van der Waals surface area contributed by atoms with Crippen LogP contribution in [0.4, 0.5) is 5.69 Å². The average molecular weight is 270 g/mol. The summed E-state index contributed by atoms with van der Waals surface area (Å²) in [5, 5.41) is 3.26. The van der Waals surface area contributed by atoms with Gasteiger partial charge in [0.2, 0.25) is 0 Å². The van der Waals surface area contributed by atoms with Crippen molar-refractivity contribution in [1.82, 2.24) is 0 Å². The van der Waals surface area contributed by atoms with E-state index in [2.05, 4.69) is 19.2 Å². The van der Waals surface area contributed by atoms with E-state index < -0.39 is 9.84 Å². The SMILES string of the molecule is CCS(=O)(=O)c1ccc(NCC(C)(C)CN)cc1. The van der Waals surface area contributed by atoms with Crippen LogP contribution in [0.25, 0.3) is 0 Å². The van der Waals surface area contributed by atoms with Crippen LogP contribution in [0.5, 0.6) is 0 Å². The molecule has 0 saturated heterocycles. The lowest BCUT2D eigenvalue weighted by Gasteiger charge is -2.23. The van der Waals surface area contributed by atoms with Crippen LogP contribution in [0.1, 0.15) is 20.8 Å². The number of anilines is 1. The first-order valence-corrected chi connectivity index (χ1v) is 7.73. The van der Waals surface area contributed by atoms with Gasteiger partial charge in [0.25, 0.3) is 0 Å². The number of benzene rings is 1. The van der Waals surface area contributed by atoms with Crippen LogP contribution in [-0.4, -0.2) is 27.3 Å². The van der Waals surface area contributed by atoms with Crippen LogP contribution >= 0.6 is 0 Å². The van der Waals surface area contributed by atoms with Gasteiger partial charge in [0.15, 0.2) is 9.84 Å². The largest absolute Gasteiger partial charge is 0.384 e. The normalized spacial score (nSPS) is 12.4. The molecular formula is C13H22N2O2S. The third-order valence-electron chi connectivity index (χ3n) is 2.92. The molecule has 1 aromatic rings. The molecule has 0 saturated carbocycles. The van der Waals surface area contributed by atoms with Gasteiger partial charge in [-0.05, 0) is 36.2 Å². The minimum Gasteiger partial charge on any atom is -0.384 e. The molecule has 0 unspecified atom stereocenters. The van der Waals surface area contributed by atoms with Gasteiger partial charge in [0.1, 0.15) is 0 Å². The average Bonchev–Trinajstić information content (AvgIpc) is 2.37. The number of rotatable bonds is 6. The molecule has 1 aromatic carbocycles. The van der Waals surface area contributed by atoms with Crippen LogP contribution < -0.4 is 11.1 Å². The summed E-state index contributed by atoms with van der Waals surface area (Å²) in [6.07, 6.45) is 0. The second-order valence-electron chi connectivity index (χ2n) is 5.15. The molecule has 4 nitrogen and oxygen atoms in total. The Balaban J connectivity index is 2.73. The topological polar surface area (TPSA) is 72.2 Å². The molecule has 0 spiro atoms. The van der Waals surface area contributed by atoms with E-state index in [0.29, 0.717) is 11.4 Å². The van der Waals surface area contributed by atoms with Gasteiger partial charge in [-0.1, -0.05) is 20.8 Å². The Morgan fingerprint density at radius 3 is 2.22 bits per heavy atom. The van der Waals surface area contributed by atoms with Crippen molar-refractivity contribution in [2.24, 2.45) is 11.1 Å². The summed E-state index contributed by atoms with van der Waals surface area (Å²) in [5.74, 6) is 0.125. The predicted molar refractivity (Wildman–Crippen MR) is 75.5 cm³/mol. The second kappa shape index (κ2) is 5.71. The summed E-state index contributed by atoms with van der Waals surface area (Å²) in [4.78, 5) is 0.369. The minimum atomic E-state index is -3.11. The molecule has 0 aliphatic heterocycles. The van der Waals surface area contributed by atoms with E-state index in [1.807, 2.05) is 0 Å². The van der Waals surface area contributed by atoms with E-state index in [1.165, 1.54) is 0 Å². The second-order valence-corrected chi connectivity index (χ2v) is 7.43. The van der Waals surface area contributed by atoms with E-state index in [4.69, 9.17) is 5.73 Å². The van der Waals surface area contributed by atoms with E-state index in [-0.39, 0.29) is 11.2 Å². The minimum absolute atomic E-state index is 0.0220. The summed E-state index contributed by atoms with van der Waals surface area (Å²) < 4.78 is 23.3. The van der Waals surface area contributed by atoms with Crippen molar-refractivity contribution < 1.29 is 8.42 Å². The molecule has 0 aliphatic carbocycles. The Labute approximate surface area is 110 Å². The summed E-state index contributed by atoms with van der Waals surface area (Å²) in [6.45, 7) is 7.16. The van der Waals surface area contributed by atoms with Gasteiger partial charge >= 0.3 is 0 Å². The smallest absolute Gasteiger partial charge is 0.178 e. The molecule has 0 amide bonds. The molecule has 0 atom stereocenters. The first-order valence-electron chi connectivity index (χ1n) is 6.07. The highest BCUT2D eigenvalue weighted by atomic mass is 32.2. The van der Waals surface area contributed by atoms with E-state index in [1.54, 1.807) is 31.2 Å². The predicted octanol–water partition coefficient (Wildman–Crippen LogP) is 1.88. The highest BCUT2D eigenvalue weighted by Gasteiger charge is 2.15. The monoisotopic (exact) mass is 270 g/mol. The molecule has 0 aliphatic rings. The fourth-order valence-corrected chi connectivity index (χ4v) is 2.24. The van der Waals surface area contributed by atoms with Crippen molar-refractivity contribution in [3.8, 4) is 0 Å². The maximum absolute atomic E-state index is 11.6. The highest BCUT2D eigenvalue weighted by Crippen LogP contribution is 2.18. The summed E-state index contributed by atoms with van der Waals surface area (Å²) in [6, 6.07) is 6.84. The van der Waals surface area contributed by atoms with Crippen molar-refractivity contribution in [3.05, 3.63) is 24.3 Å². The highest BCUT2D eigenvalue weighted by molar-refractivity contribution is 7.91. The molecule has 3 N–H and O–H groups in total. The van der Waals surface area contributed by atoms with Gasteiger partial charge in [-0.3, -0.25) is 0 Å². The molecule has 0 radical (unpaired) electrons. The standard InChI is InChI=1S/C13H22N2O2S/c1-4-18(16,17)12-7-5-11(6-8-12)15-10-13(2,3)9-14/h5-8,15H,4,9-10,14H2,1-3H3. The first kappa shape index (κ1) is 15.0. The maximum atomic E-state index is 11.6. The van der Waals surface area contributed by atoms with Gasteiger partial charge in [-0.25, -0.2) is 8.42 Å². The maximum Gasteiger partial charge on any atom is 0.178 e. The van der Waals surface area contributed by atoms with Crippen LogP contribution in [0, 0.1) is 5.41 Å². The molecule has 0 heterocycles. The van der Waals surface area contributed by atoms with E-state index >= 15 is 0 Å². The van der Waals surface area contributed by atoms with Gasteiger partial charge < -0.3 is 11.1 Å². The van der Waals surface area contributed by atoms with Crippen molar-refractivity contribution in [3.63, 3.8) is 0 Å². The molecular weight excluding hydrogens is 248 g/mol. The zero-order valence-electron chi connectivity index (χ0n) is 11.2. The quantitative estimate of drug-likeness (QED) is 0.828. The summed E-state index contributed by atoms with van der Waals surface area (Å²) in [7, 11) is -3.11.